The second kappa shape index (κ2) is 9.19. The van der Waals surface area contributed by atoms with Crippen LogP contribution in [0.4, 0.5) is 9.52 Å². The molecule has 184 valence electrons. The normalized spacial score (nSPS) is 14.8. The van der Waals surface area contributed by atoms with E-state index in [0.717, 1.165) is 29.9 Å². The monoisotopic (exact) mass is 508 g/mol. The molecule has 0 bridgehead atoms. The Morgan fingerprint density at radius 1 is 1.22 bits per heavy atom. The van der Waals surface area contributed by atoms with Gasteiger partial charge in [0.25, 0.3) is 5.91 Å². The first-order valence-electron chi connectivity index (χ1n) is 11.2. The Kier molecular flexibility index (Phi) is 6.05. The van der Waals surface area contributed by atoms with E-state index < -0.39 is 29.2 Å². The molecule has 36 heavy (non-hydrogen) atoms. The fourth-order valence-electron chi connectivity index (χ4n) is 4.22. The van der Waals surface area contributed by atoms with Crippen molar-refractivity contribution in [3.05, 3.63) is 86.0 Å². The van der Waals surface area contributed by atoms with E-state index in [9.17, 15) is 18.8 Å². The third-order valence-electron chi connectivity index (χ3n) is 5.84. The highest BCUT2D eigenvalue weighted by Crippen LogP contribution is 2.43. The summed E-state index contributed by atoms with van der Waals surface area (Å²) in [6.45, 7) is 4.11. The lowest BCUT2D eigenvalue weighted by Crippen LogP contribution is -2.29. The Balaban J connectivity index is 1.75. The first-order valence-corrected chi connectivity index (χ1v) is 12.0. The maximum Gasteiger partial charge on any atom is 0.350 e. The van der Waals surface area contributed by atoms with Crippen LogP contribution in [0.25, 0.3) is 11.0 Å². The number of hydrogen-bond acceptors (Lipinski definition) is 8. The van der Waals surface area contributed by atoms with Gasteiger partial charge in [0.1, 0.15) is 22.0 Å². The summed E-state index contributed by atoms with van der Waals surface area (Å²) < 4.78 is 30.5. The zero-order chi connectivity index (χ0) is 25.6. The second-order valence-electron chi connectivity index (χ2n) is 8.22. The molecular formula is C26H21FN2O6S. The smallest absolute Gasteiger partial charge is 0.350 e. The number of aromatic nitrogens is 1. The lowest BCUT2D eigenvalue weighted by Gasteiger charge is -2.23. The van der Waals surface area contributed by atoms with Crippen molar-refractivity contribution in [1.82, 2.24) is 4.98 Å². The Bertz CT molecular complexity index is 1580. The average Bonchev–Trinajstić information content (AvgIpc) is 3.40. The summed E-state index contributed by atoms with van der Waals surface area (Å²) in [4.78, 5) is 45.6. The number of esters is 1. The lowest BCUT2D eigenvalue weighted by atomic mass is 9.98. The Morgan fingerprint density at radius 2 is 2.03 bits per heavy atom. The fraction of sp³-hybridized carbons (Fsp3) is 0.231. The van der Waals surface area contributed by atoms with Crippen LogP contribution < -0.4 is 15.1 Å². The molecule has 0 spiro atoms. The number of anilines is 1. The molecule has 10 heteroatoms. The number of fused-ring (bicyclic) bond motifs is 2. The number of benzene rings is 2. The van der Waals surface area contributed by atoms with Gasteiger partial charge in [-0.15, -0.1) is 0 Å². The number of carbonyl (C=O) groups is 2. The van der Waals surface area contributed by atoms with Gasteiger partial charge in [-0.05, 0) is 49.2 Å². The molecule has 0 fully saturated rings. The molecule has 0 aliphatic carbocycles. The molecule has 1 aliphatic rings. The number of methoxy groups -OCH3 is 1. The van der Waals surface area contributed by atoms with E-state index in [2.05, 4.69) is 4.98 Å². The van der Waals surface area contributed by atoms with E-state index >= 15 is 0 Å². The van der Waals surface area contributed by atoms with E-state index in [1.807, 2.05) is 6.92 Å². The summed E-state index contributed by atoms with van der Waals surface area (Å²) in [7, 11) is 1.26. The van der Waals surface area contributed by atoms with Crippen LogP contribution in [0.5, 0.6) is 5.75 Å². The summed E-state index contributed by atoms with van der Waals surface area (Å²) in [5.74, 6) is -1.36. The molecule has 1 unspecified atom stereocenters. The zero-order valence-electron chi connectivity index (χ0n) is 19.7. The number of halogens is 1. The van der Waals surface area contributed by atoms with Crippen LogP contribution in [0.2, 0.25) is 0 Å². The maximum absolute atomic E-state index is 14.0. The highest BCUT2D eigenvalue weighted by Gasteiger charge is 2.45. The Morgan fingerprint density at radius 3 is 2.78 bits per heavy atom. The molecule has 8 nitrogen and oxygen atoms in total. The van der Waals surface area contributed by atoms with Gasteiger partial charge in [0.15, 0.2) is 10.6 Å². The predicted molar refractivity (Wildman–Crippen MR) is 132 cm³/mol. The number of thiazole rings is 1. The van der Waals surface area contributed by atoms with Crippen molar-refractivity contribution >= 4 is 39.3 Å². The van der Waals surface area contributed by atoms with Gasteiger partial charge in [-0.25, -0.2) is 14.2 Å². The quantitative estimate of drug-likeness (QED) is 0.337. The summed E-state index contributed by atoms with van der Waals surface area (Å²) >= 11 is 0.977. The third kappa shape index (κ3) is 3.83. The minimum atomic E-state index is -0.933. The highest BCUT2D eigenvalue weighted by molar-refractivity contribution is 7.17. The number of hydrogen-bond donors (Lipinski definition) is 0. The van der Waals surface area contributed by atoms with E-state index in [4.69, 9.17) is 13.9 Å². The van der Waals surface area contributed by atoms with Gasteiger partial charge in [0, 0.05) is 0 Å². The lowest BCUT2D eigenvalue weighted by molar-refractivity contribution is 0.0605. The maximum atomic E-state index is 14.0. The van der Waals surface area contributed by atoms with Crippen molar-refractivity contribution in [2.75, 3.05) is 18.6 Å². The predicted octanol–water partition coefficient (Wildman–Crippen LogP) is 5.02. The fourth-order valence-corrected chi connectivity index (χ4v) is 5.23. The molecule has 4 aromatic rings. The number of aryl methyl sites for hydroxylation is 1. The van der Waals surface area contributed by atoms with Gasteiger partial charge in [0.05, 0.1) is 36.4 Å². The van der Waals surface area contributed by atoms with Crippen molar-refractivity contribution in [3.63, 3.8) is 0 Å². The average molecular weight is 509 g/mol. The first-order chi connectivity index (χ1) is 17.3. The minimum absolute atomic E-state index is 0.0253. The van der Waals surface area contributed by atoms with E-state index in [0.29, 0.717) is 23.6 Å². The van der Waals surface area contributed by atoms with Gasteiger partial charge in [-0.3, -0.25) is 14.5 Å². The summed E-state index contributed by atoms with van der Waals surface area (Å²) in [6, 6.07) is 9.68. The molecule has 1 atom stereocenters. The first kappa shape index (κ1) is 23.7. The van der Waals surface area contributed by atoms with Crippen LogP contribution in [0.1, 0.15) is 56.4 Å². The van der Waals surface area contributed by atoms with Gasteiger partial charge >= 0.3 is 5.97 Å². The minimum Gasteiger partial charge on any atom is -0.494 e. The van der Waals surface area contributed by atoms with Crippen LogP contribution in [0, 0.1) is 12.7 Å². The molecule has 0 saturated heterocycles. The van der Waals surface area contributed by atoms with Crippen molar-refractivity contribution in [3.8, 4) is 5.75 Å². The van der Waals surface area contributed by atoms with Crippen molar-refractivity contribution in [2.24, 2.45) is 0 Å². The second-order valence-corrected chi connectivity index (χ2v) is 9.19. The van der Waals surface area contributed by atoms with Crippen molar-refractivity contribution in [2.45, 2.75) is 26.3 Å². The molecule has 0 N–H and O–H groups in total. The molecule has 2 aromatic heterocycles. The van der Waals surface area contributed by atoms with E-state index in [1.54, 1.807) is 31.2 Å². The molecule has 2 aromatic carbocycles. The molecule has 1 aliphatic heterocycles. The highest BCUT2D eigenvalue weighted by atomic mass is 32.1. The third-order valence-corrected chi connectivity index (χ3v) is 6.98. The van der Waals surface area contributed by atoms with Gasteiger partial charge in [-0.1, -0.05) is 30.4 Å². The molecule has 5 rings (SSSR count). The van der Waals surface area contributed by atoms with Gasteiger partial charge in [0.2, 0.25) is 5.76 Å². The number of amides is 1. The van der Waals surface area contributed by atoms with Crippen LogP contribution in [0.15, 0.2) is 51.7 Å². The molecule has 1 amide bonds. The molecule has 3 heterocycles. The number of nitrogens with zero attached hydrogens (tertiary/aromatic N) is 2. The number of rotatable bonds is 6. The van der Waals surface area contributed by atoms with Crippen LogP contribution in [-0.4, -0.2) is 30.6 Å². The molecule has 0 radical (unpaired) electrons. The van der Waals surface area contributed by atoms with E-state index in [1.165, 1.54) is 18.1 Å². The number of carbonyl (C=O) groups excluding carboxylic acids is 2. The molecule has 0 saturated carbocycles. The van der Waals surface area contributed by atoms with E-state index in [-0.39, 0.29) is 32.3 Å². The summed E-state index contributed by atoms with van der Waals surface area (Å²) in [6.07, 6.45) is 0.803. The Hall–Kier alpha value is -4.05. The Labute approximate surface area is 208 Å². The van der Waals surface area contributed by atoms with Gasteiger partial charge < -0.3 is 13.9 Å². The van der Waals surface area contributed by atoms with Crippen molar-refractivity contribution in [1.29, 1.82) is 0 Å². The standard InChI is InChI=1S/C26H21FN2O6S/c1-4-10-34-16-7-5-6-14(11-16)20-19-21(30)17-12-15(27)8-9-18(17)35-22(19)24(31)29(20)26-28-13(2)23(36-26)25(32)33-3/h5-9,11-12,20H,4,10H2,1-3H3. The largest absolute Gasteiger partial charge is 0.494 e. The summed E-state index contributed by atoms with van der Waals surface area (Å²) in [5, 5.41) is 0.223. The molecular weight excluding hydrogens is 487 g/mol. The van der Waals surface area contributed by atoms with Crippen LogP contribution in [-0.2, 0) is 4.74 Å². The summed E-state index contributed by atoms with van der Waals surface area (Å²) in [5.41, 5.74) is 0.605. The van der Waals surface area contributed by atoms with Crippen LogP contribution in [0.3, 0.4) is 0 Å². The zero-order valence-corrected chi connectivity index (χ0v) is 20.5. The van der Waals surface area contributed by atoms with Gasteiger partial charge in [-0.2, -0.15) is 0 Å². The SMILES string of the molecule is CCCOc1cccc(C2c3c(oc4ccc(F)cc4c3=O)C(=O)N2c2nc(C)c(C(=O)OC)s2)c1. The van der Waals surface area contributed by atoms with Crippen LogP contribution >= 0.6 is 11.3 Å². The van der Waals surface area contributed by atoms with Crippen molar-refractivity contribution < 1.29 is 27.9 Å². The topological polar surface area (TPSA) is 98.9 Å². The number of ether oxygens (including phenoxy) is 2.